The van der Waals surface area contributed by atoms with Crippen molar-refractivity contribution in [2.45, 2.75) is 33.1 Å². The number of aromatic nitrogens is 4. The molecule has 2 aromatic heterocycles. The first-order valence-electron chi connectivity index (χ1n) is 8.35. The number of nitrogens with zero attached hydrogens (tertiary/aromatic N) is 5. The molecule has 1 fully saturated rings. The predicted molar refractivity (Wildman–Crippen MR) is 91.6 cm³/mol. The van der Waals surface area contributed by atoms with E-state index in [0.717, 1.165) is 49.3 Å². The zero-order chi connectivity index (χ0) is 16.1. The summed E-state index contributed by atoms with van der Waals surface area (Å²) in [7, 11) is 0. The van der Waals surface area contributed by atoms with Crippen LogP contribution in [-0.2, 0) is 6.42 Å². The van der Waals surface area contributed by atoms with Crippen LogP contribution in [0, 0.1) is 12.8 Å². The topological polar surface area (TPSA) is 66.8 Å². The van der Waals surface area contributed by atoms with Gasteiger partial charge in [-0.1, -0.05) is 6.92 Å². The summed E-state index contributed by atoms with van der Waals surface area (Å²) in [5, 5.41) is 3.48. The lowest BCUT2D eigenvalue weighted by Crippen LogP contribution is -2.39. The third-order valence-electron chi connectivity index (χ3n) is 4.18. The first-order valence-corrected chi connectivity index (χ1v) is 8.35. The summed E-state index contributed by atoms with van der Waals surface area (Å²) in [5.41, 5.74) is 1.09. The number of rotatable bonds is 5. The second-order valence-electron chi connectivity index (χ2n) is 6.03. The van der Waals surface area contributed by atoms with Crippen molar-refractivity contribution < 1.29 is 0 Å². The molecule has 23 heavy (non-hydrogen) atoms. The van der Waals surface area contributed by atoms with Crippen molar-refractivity contribution in [3.63, 3.8) is 0 Å². The number of hydrogen-bond acceptors (Lipinski definition) is 6. The third kappa shape index (κ3) is 4.15. The highest BCUT2D eigenvalue weighted by Gasteiger charge is 2.21. The monoisotopic (exact) mass is 312 g/mol. The quantitative estimate of drug-likeness (QED) is 0.915. The molecular formula is C17H24N6. The van der Waals surface area contributed by atoms with Crippen LogP contribution in [0.3, 0.4) is 0 Å². The van der Waals surface area contributed by atoms with Crippen LogP contribution in [0.2, 0.25) is 0 Å². The molecule has 0 saturated carbocycles. The largest absolute Gasteiger partial charge is 0.370 e. The Kier molecular flexibility index (Phi) is 5.00. The molecule has 2 aromatic rings. The van der Waals surface area contributed by atoms with E-state index in [0.29, 0.717) is 5.92 Å². The average Bonchev–Trinajstić information content (AvgIpc) is 2.60. The van der Waals surface area contributed by atoms with Crippen molar-refractivity contribution in [1.29, 1.82) is 0 Å². The molecule has 0 spiro atoms. The van der Waals surface area contributed by atoms with E-state index in [1.54, 1.807) is 12.4 Å². The predicted octanol–water partition coefficient (Wildman–Crippen LogP) is 2.47. The number of piperidine rings is 1. The molecule has 6 nitrogen and oxygen atoms in total. The van der Waals surface area contributed by atoms with Crippen LogP contribution in [-0.4, -0.2) is 39.6 Å². The van der Waals surface area contributed by atoms with Crippen molar-refractivity contribution in [3.8, 4) is 0 Å². The van der Waals surface area contributed by atoms with E-state index in [1.807, 2.05) is 19.1 Å². The number of nitrogens with one attached hydrogen (secondary N) is 1. The van der Waals surface area contributed by atoms with Gasteiger partial charge in [0.25, 0.3) is 0 Å². The number of anilines is 2. The lowest BCUT2D eigenvalue weighted by atomic mass is 9.98. The molecule has 0 amide bonds. The molecular weight excluding hydrogens is 288 g/mol. The maximum Gasteiger partial charge on any atom is 0.225 e. The van der Waals surface area contributed by atoms with Crippen LogP contribution in [0.4, 0.5) is 11.8 Å². The van der Waals surface area contributed by atoms with Gasteiger partial charge in [0, 0.05) is 43.8 Å². The summed E-state index contributed by atoms with van der Waals surface area (Å²) in [5.74, 6) is 3.17. The fraction of sp³-hybridized carbons (Fsp3) is 0.529. The maximum atomic E-state index is 4.48. The molecule has 1 aliphatic rings. The second kappa shape index (κ2) is 7.35. The van der Waals surface area contributed by atoms with Crippen LogP contribution in [0.25, 0.3) is 0 Å². The summed E-state index contributed by atoms with van der Waals surface area (Å²) in [6.07, 6.45) is 6.94. The zero-order valence-electron chi connectivity index (χ0n) is 13.9. The lowest BCUT2D eigenvalue weighted by molar-refractivity contribution is 0.427. The Morgan fingerprint density at radius 1 is 1.26 bits per heavy atom. The van der Waals surface area contributed by atoms with Gasteiger partial charge in [0.15, 0.2) is 0 Å². The minimum atomic E-state index is 0.577. The summed E-state index contributed by atoms with van der Waals surface area (Å²) in [6, 6.07) is 3.91. The smallest absolute Gasteiger partial charge is 0.225 e. The first-order chi connectivity index (χ1) is 11.2. The summed E-state index contributed by atoms with van der Waals surface area (Å²) < 4.78 is 0. The number of hydrogen-bond donors (Lipinski definition) is 1. The van der Waals surface area contributed by atoms with Crippen LogP contribution < -0.4 is 10.2 Å². The molecule has 1 saturated heterocycles. The van der Waals surface area contributed by atoms with Crippen molar-refractivity contribution in [2.75, 3.05) is 29.9 Å². The van der Waals surface area contributed by atoms with Gasteiger partial charge in [0.05, 0.1) is 0 Å². The SMILES string of the molecule is CCc1cc(NCC2CCCN(c3ncccn3)C2)nc(C)n1. The van der Waals surface area contributed by atoms with Crippen molar-refractivity contribution in [1.82, 2.24) is 19.9 Å². The molecule has 3 rings (SSSR count). The van der Waals surface area contributed by atoms with E-state index in [4.69, 9.17) is 0 Å². The molecule has 0 aromatic carbocycles. The Bertz CT molecular complexity index is 630. The van der Waals surface area contributed by atoms with E-state index in [2.05, 4.69) is 37.1 Å². The lowest BCUT2D eigenvalue weighted by Gasteiger charge is -2.32. The average molecular weight is 312 g/mol. The molecule has 1 aliphatic heterocycles. The first kappa shape index (κ1) is 15.6. The molecule has 1 N–H and O–H groups in total. The van der Waals surface area contributed by atoms with Crippen molar-refractivity contribution >= 4 is 11.8 Å². The minimum Gasteiger partial charge on any atom is -0.370 e. The van der Waals surface area contributed by atoms with Gasteiger partial charge in [-0.25, -0.2) is 19.9 Å². The van der Waals surface area contributed by atoms with Crippen LogP contribution >= 0.6 is 0 Å². The highest BCUT2D eigenvalue weighted by molar-refractivity contribution is 5.36. The fourth-order valence-corrected chi connectivity index (χ4v) is 3.02. The van der Waals surface area contributed by atoms with Crippen LogP contribution in [0.1, 0.15) is 31.3 Å². The van der Waals surface area contributed by atoms with Gasteiger partial charge in [-0.15, -0.1) is 0 Å². The van der Waals surface area contributed by atoms with Gasteiger partial charge in [-0.05, 0) is 38.2 Å². The zero-order valence-corrected chi connectivity index (χ0v) is 13.9. The highest BCUT2D eigenvalue weighted by atomic mass is 15.3. The van der Waals surface area contributed by atoms with E-state index in [-0.39, 0.29) is 0 Å². The fourth-order valence-electron chi connectivity index (χ4n) is 3.02. The highest BCUT2D eigenvalue weighted by Crippen LogP contribution is 2.20. The van der Waals surface area contributed by atoms with Gasteiger partial charge < -0.3 is 10.2 Å². The molecule has 122 valence electrons. The maximum absolute atomic E-state index is 4.48. The van der Waals surface area contributed by atoms with E-state index >= 15 is 0 Å². The van der Waals surface area contributed by atoms with Crippen LogP contribution in [0.15, 0.2) is 24.5 Å². The van der Waals surface area contributed by atoms with E-state index in [1.165, 1.54) is 12.8 Å². The molecule has 6 heteroatoms. The van der Waals surface area contributed by atoms with Crippen LogP contribution in [0.5, 0.6) is 0 Å². The Morgan fingerprint density at radius 2 is 2.09 bits per heavy atom. The van der Waals surface area contributed by atoms with E-state index in [9.17, 15) is 0 Å². The van der Waals surface area contributed by atoms with Gasteiger partial charge >= 0.3 is 0 Å². The van der Waals surface area contributed by atoms with Gasteiger partial charge in [-0.2, -0.15) is 0 Å². The molecule has 0 aliphatic carbocycles. The van der Waals surface area contributed by atoms with Crippen molar-refractivity contribution in [3.05, 3.63) is 36.0 Å². The van der Waals surface area contributed by atoms with E-state index < -0.39 is 0 Å². The van der Waals surface area contributed by atoms with Crippen molar-refractivity contribution in [2.24, 2.45) is 5.92 Å². The Balaban J connectivity index is 1.59. The van der Waals surface area contributed by atoms with Gasteiger partial charge in [0.1, 0.15) is 11.6 Å². The molecule has 0 radical (unpaired) electrons. The number of aryl methyl sites for hydroxylation is 2. The van der Waals surface area contributed by atoms with Gasteiger partial charge in [0.2, 0.25) is 5.95 Å². The third-order valence-corrected chi connectivity index (χ3v) is 4.18. The summed E-state index contributed by atoms with van der Waals surface area (Å²) in [4.78, 5) is 19.9. The molecule has 0 bridgehead atoms. The summed E-state index contributed by atoms with van der Waals surface area (Å²) in [6.45, 7) is 7.00. The Morgan fingerprint density at radius 3 is 2.87 bits per heavy atom. The Hall–Kier alpha value is -2.24. The molecule has 3 heterocycles. The Labute approximate surface area is 137 Å². The molecule has 1 unspecified atom stereocenters. The minimum absolute atomic E-state index is 0.577. The standard InChI is InChI=1S/C17H24N6/c1-3-15-10-16(22-13(2)21-15)20-11-14-6-4-9-23(12-14)17-18-7-5-8-19-17/h5,7-8,10,14H,3-4,6,9,11-12H2,1-2H3,(H,20,21,22). The van der Waals surface area contributed by atoms with Gasteiger partial charge in [-0.3, -0.25) is 0 Å². The molecule has 1 atom stereocenters. The normalized spacial score (nSPS) is 18.0. The summed E-state index contributed by atoms with van der Waals surface area (Å²) >= 11 is 0. The second-order valence-corrected chi connectivity index (χ2v) is 6.03.